The van der Waals surface area contributed by atoms with Crippen molar-refractivity contribution in [3.05, 3.63) is 29.3 Å². The summed E-state index contributed by atoms with van der Waals surface area (Å²) in [5.41, 5.74) is 5.81. The van der Waals surface area contributed by atoms with E-state index in [0.29, 0.717) is 0 Å². The predicted octanol–water partition coefficient (Wildman–Crippen LogP) is 2.31. The molecule has 0 aliphatic rings. The normalized spacial score (nSPS) is 13.2. The van der Waals surface area contributed by atoms with Crippen molar-refractivity contribution in [1.82, 2.24) is 0 Å². The van der Waals surface area contributed by atoms with Crippen LogP contribution in [0, 0.1) is 0 Å². The summed E-state index contributed by atoms with van der Waals surface area (Å²) in [6, 6.07) is 3.73. The van der Waals surface area contributed by atoms with E-state index in [1.54, 1.807) is 13.8 Å². The van der Waals surface area contributed by atoms with E-state index in [-0.39, 0.29) is 24.3 Å². The molecule has 8 heteroatoms. The molecule has 0 radical (unpaired) electrons. The number of phenols is 1. The Morgan fingerprint density at radius 3 is 2.35 bits per heavy atom. The van der Waals surface area contributed by atoms with Gasteiger partial charge in [0.25, 0.3) is 0 Å². The molecule has 7 nitrogen and oxygen atoms in total. The fourth-order valence-corrected chi connectivity index (χ4v) is 3.29. The molecule has 0 heterocycles. The molecule has 0 bridgehead atoms. The molecule has 112 valence electrons. The van der Waals surface area contributed by atoms with Crippen LogP contribution in [0.1, 0.15) is 35.6 Å². The zero-order valence-corrected chi connectivity index (χ0v) is 12.2. The summed E-state index contributed by atoms with van der Waals surface area (Å²) >= 11 is 0. The number of carbonyl (C=O) groups is 1. The molecule has 20 heavy (non-hydrogen) atoms. The summed E-state index contributed by atoms with van der Waals surface area (Å²) < 4.78 is 22.7. The third-order valence-electron chi connectivity index (χ3n) is 2.55. The molecule has 0 amide bonds. The van der Waals surface area contributed by atoms with Gasteiger partial charge in [-0.05, 0) is 31.5 Å². The van der Waals surface area contributed by atoms with Crippen molar-refractivity contribution in [3.8, 4) is 5.75 Å². The number of aromatic hydroxyl groups is 1. The lowest BCUT2D eigenvalue weighted by Crippen LogP contribution is -2.15. The van der Waals surface area contributed by atoms with Crippen LogP contribution in [0.4, 0.5) is 0 Å². The summed E-state index contributed by atoms with van der Waals surface area (Å²) in [5, 5.41) is 18.4. The number of carboxylic acid groups (broad SMARTS) is 1. The lowest BCUT2D eigenvalue weighted by Gasteiger charge is -2.23. The van der Waals surface area contributed by atoms with Gasteiger partial charge in [-0.3, -0.25) is 4.57 Å². The van der Waals surface area contributed by atoms with Crippen LogP contribution in [0.2, 0.25) is 0 Å². The minimum Gasteiger partial charge on any atom is -0.507 e. The Hall–Kier alpha value is -1.40. The SMILES string of the molecule is CCOP(=O)(OCC)[C@H](N)c1ccc(O)c(C(=O)O)c1. The maximum atomic E-state index is 12.5. The number of nitrogens with two attached hydrogens (primary N) is 1. The van der Waals surface area contributed by atoms with Crippen LogP contribution in [0.25, 0.3) is 0 Å². The quantitative estimate of drug-likeness (QED) is 0.661. The number of benzene rings is 1. The van der Waals surface area contributed by atoms with E-state index in [0.717, 1.165) is 6.07 Å². The lowest BCUT2D eigenvalue weighted by molar-refractivity contribution is 0.0693. The van der Waals surface area contributed by atoms with E-state index < -0.39 is 25.1 Å². The van der Waals surface area contributed by atoms with Crippen molar-refractivity contribution in [2.24, 2.45) is 5.73 Å². The van der Waals surface area contributed by atoms with Gasteiger partial charge in [-0.1, -0.05) is 6.07 Å². The van der Waals surface area contributed by atoms with E-state index >= 15 is 0 Å². The van der Waals surface area contributed by atoms with Crippen molar-refractivity contribution < 1.29 is 28.6 Å². The monoisotopic (exact) mass is 303 g/mol. The Morgan fingerprint density at radius 1 is 1.35 bits per heavy atom. The maximum absolute atomic E-state index is 12.5. The van der Waals surface area contributed by atoms with Gasteiger partial charge in [-0.2, -0.15) is 0 Å². The molecule has 0 aromatic heterocycles. The van der Waals surface area contributed by atoms with Crippen molar-refractivity contribution in [2.45, 2.75) is 19.6 Å². The molecule has 0 aliphatic carbocycles. The van der Waals surface area contributed by atoms with Gasteiger partial charge in [0.05, 0.1) is 13.2 Å². The van der Waals surface area contributed by atoms with Gasteiger partial charge in [0.1, 0.15) is 17.1 Å². The van der Waals surface area contributed by atoms with Gasteiger partial charge < -0.3 is 25.0 Å². The van der Waals surface area contributed by atoms with Crippen molar-refractivity contribution in [2.75, 3.05) is 13.2 Å². The van der Waals surface area contributed by atoms with E-state index in [2.05, 4.69) is 0 Å². The van der Waals surface area contributed by atoms with Crippen LogP contribution >= 0.6 is 7.60 Å². The maximum Gasteiger partial charge on any atom is 0.351 e. The van der Waals surface area contributed by atoms with E-state index in [1.165, 1.54) is 12.1 Å². The first-order chi connectivity index (χ1) is 9.35. The fraction of sp³-hybridized carbons (Fsp3) is 0.417. The second kappa shape index (κ2) is 6.85. The van der Waals surface area contributed by atoms with Crippen LogP contribution < -0.4 is 5.73 Å². The largest absolute Gasteiger partial charge is 0.507 e. The molecule has 1 aromatic carbocycles. The third kappa shape index (κ3) is 3.58. The highest BCUT2D eigenvalue weighted by Gasteiger charge is 2.34. The highest BCUT2D eigenvalue weighted by atomic mass is 31.2. The number of hydrogen-bond donors (Lipinski definition) is 3. The standard InChI is InChI=1S/C12H18NO6P/c1-3-18-20(17,19-4-2)11(13)8-5-6-10(14)9(7-8)12(15)16/h5-7,11,14H,3-4,13H2,1-2H3,(H,15,16)/t11-/m0/s1. The van der Waals surface area contributed by atoms with Gasteiger partial charge in [-0.15, -0.1) is 0 Å². The van der Waals surface area contributed by atoms with Gasteiger partial charge in [0, 0.05) is 0 Å². The molecule has 0 aliphatic heterocycles. The van der Waals surface area contributed by atoms with Crippen LogP contribution in [0.3, 0.4) is 0 Å². The van der Waals surface area contributed by atoms with Crippen LogP contribution in [-0.4, -0.2) is 29.4 Å². The summed E-state index contributed by atoms with van der Waals surface area (Å²) in [5.74, 6) is -2.82. The van der Waals surface area contributed by atoms with Crippen LogP contribution in [-0.2, 0) is 13.6 Å². The van der Waals surface area contributed by atoms with Crippen LogP contribution in [0.5, 0.6) is 5.75 Å². The highest BCUT2D eigenvalue weighted by molar-refractivity contribution is 7.54. The molecule has 1 rings (SSSR count). The van der Waals surface area contributed by atoms with Gasteiger partial charge in [-0.25, -0.2) is 4.79 Å². The molecule has 0 saturated heterocycles. The first-order valence-electron chi connectivity index (χ1n) is 6.06. The summed E-state index contributed by atoms with van der Waals surface area (Å²) in [6.07, 6.45) is 0. The Labute approximate surface area is 116 Å². The zero-order chi connectivity index (χ0) is 15.3. The minimum absolute atomic E-state index is 0.148. The molecule has 0 fully saturated rings. The van der Waals surface area contributed by atoms with Crippen molar-refractivity contribution in [1.29, 1.82) is 0 Å². The first kappa shape index (κ1) is 16.7. The average molecular weight is 303 g/mol. The number of hydrogen-bond acceptors (Lipinski definition) is 6. The molecule has 4 N–H and O–H groups in total. The second-order valence-electron chi connectivity index (χ2n) is 3.90. The first-order valence-corrected chi connectivity index (χ1v) is 7.67. The number of rotatable bonds is 7. The van der Waals surface area contributed by atoms with Crippen molar-refractivity contribution in [3.63, 3.8) is 0 Å². The smallest absolute Gasteiger partial charge is 0.351 e. The molecule has 0 saturated carbocycles. The molecule has 1 atom stereocenters. The highest BCUT2D eigenvalue weighted by Crippen LogP contribution is 2.58. The average Bonchev–Trinajstić information content (AvgIpc) is 2.38. The Bertz CT molecular complexity index is 523. The van der Waals surface area contributed by atoms with Gasteiger partial charge in [0.15, 0.2) is 0 Å². The molecule has 0 spiro atoms. The Kier molecular flexibility index (Phi) is 5.71. The summed E-state index contributed by atoms with van der Waals surface area (Å²) in [7, 11) is -3.59. The summed E-state index contributed by atoms with van der Waals surface area (Å²) in [6.45, 7) is 3.60. The molecular formula is C12H18NO6P. The number of aromatic carboxylic acids is 1. The fourth-order valence-electron chi connectivity index (χ4n) is 1.65. The molecule has 0 unspecified atom stereocenters. The molecule has 1 aromatic rings. The van der Waals surface area contributed by atoms with Crippen molar-refractivity contribution >= 4 is 13.6 Å². The lowest BCUT2D eigenvalue weighted by atomic mass is 10.1. The Morgan fingerprint density at radius 2 is 1.90 bits per heavy atom. The summed E-state index contributed by atoms with van der Waals surface area (Å²) in [4.78, 5) is 11.0. The second-order valence-corrected chi connectivity index (χ2v) is 6.05. The van der Waals surface area contributed by atoms with Crippen LogP contribution in [0.15, 0.2) is 18.2 Å². The predicted molar refractivity (Wildman–Crippen MR) is 72.9 cm³/mol. The Balaban J connectivity index is 3.18. The topological polar surface area (TPSA) is 119 Å². The third-order valence-corrected chi connectivity index (χ3v) is 4.77. The number of carboxylic acids is 1. The van der Waals surface area contributed by atoms with E-state index in [9.17, 15) is 14.5 Å². The van der Waals surface area contributed by atoms with E-state index in [1.807, 2.05) is 0 Å². The zero-order valence-electron chi connectivity index (χ0n) is 11.3. The van der Waals surface area contributed by atoms with Gasteiger partial charge >= 0.3 is 13.6 Å². The van der Waals surface area contributed by atoms with Gasteiger partial charge in [0.2, 0.25) is 0 Å². The molecular weight excluding hydrogens is 285 g/mol. The minimum atomic E-state index is -3.59. The van der Waals surface area contributed by atoms with E-state index in [4.69, 9.17) is 19.9 Å².